The molecule has 1 aliphatic carbocycles. The van der Waals surface area contributed by atoms with Crippen LogP contribution < -0.4 is 0 Å². The van der Waals surface area contributed by atoms with Crippen LogP contribution in [0.5, 0.6) is 0 Å². The van der Waals surface area contributed by atoms with E-state index in [-0.39, 0.29) is 11.2 Å². The quantitative estimate of drug-likeness (QED) is 0.746. The molecular formula is C18H27NO. The van der Waals surface area contributed by atoms with Crippen molar-refractivity contribution >= 4 is 5.78 Å². The first-order chi connectivity index (χ1) is 9.29. The molecule has 20 heavy (non-hydrogen) atoms. The molecule has 0 saturated heterocycles. The molecule has 1 aliphatic rings. The number of aryl methyl sites for hydroxylation is 1. The molecule has 2 heteroatoms. The fourth-order valence-corrected chi connectivity index (χ4v) is 3.53. The van der Waals surface area contributed by atoms with E-state index in [2.05, 4.69) is 34.6 Å². The van der Waals surface area contributed by atoms with Crippen LogP contribution >= 0.6 is 0 Å². The molecule has 0 radical (unpaired) electrons. The third-order valence-corrected chi connectivity index (χ3v) is 4.58. The van der Waals surface area contributed by atoms with Gasteiger partial charge in [0.25, 0.3) is 0 Å². The molecule has 0 saturated carbocycles. The van der Waals surface area contributed by atoms with Crippen molar-refractivity contribution in [2.24, 2.45) is 0 Å². The summed E-state index contributed by atoms with van der Waals surface area (Å²) in [5.74, 6) is 0.551. The molecule has 0 amide bonds. The number of ketones is 1. The number of nitrogens with zero attached hydrogens (tertiary/aromatic N) is 1. The van der Waals surface area contributed by atoms with Crippen LogP contribution in [-0.2, 0) is 11.8 Å². The second-order valence-electron chi connectivity index (χ2n) is 6.98. The number of carbonyl (C=O) groups is 1. The molecule has 1 heterocycles. The van der Waals surface area contributed by atoms with Crippen molar-refractivity contribution in [1.82, 2.24) is 4.98 Å². The number of fused-ring (bicyclic) bond motifs is 1. The second-order valence-corrected chi connectivity index (χ2v) is 6.98. The molecule has 2 rings (SSSR count). The minimum Gasteiger partial charge on any atom is -0.294 e. The lowest BCUT2D eigenvalue weighted by Crippen LogP contribution is -2.30. The van der Waals surface area contributed by atoms with Crippen LogP contribution in [0.1, 0.15) is 92.7 Å². The molecule has 0 unspecified atom stereocenters. The summed E-state index contributed by atoms with van der Waals surface area (Å²) in [6.45, 7) is 12.9. The van der Waals surface area contributed by atoms with E-state index in [0.29, 0.717) is 12.3 Å². The highest BCUT2D eigenvalue weighted by atomic mass is 16.1. The predicted molar refractivity (Wildman–Crippen MR) is 83.6 cm³/mol. The molecular weight excluding hydrogens is 246 g/mol. The van der Waals surface area contributed by atoms with E-state index in [9.17, 15) is 4.79 Å². The van der Waals surface area contributed by atoms with Gasteiger partial charge in [-0.1, -0.05) is 34.6 Å². The Morgan fingerprint density at radius 3 is 2.55 bits per heavy atom. The van der Waals surface area contributed by atoms with Gasteiger partial charge in [-0.25, -0.2) is 0 Å². The van der Waals surface area contributed by atoms with Gasteiger partial charge in [-0.05, 0) is 48.6 Å². The summed E-state index contributed by atoms with van der Waals surface area (Å²) in [7, 11) is 0. The van der Waals surface area contributed by atoms with Gasteiger partial charge in [0.05, 0.1) is 5.69 Å². The number of Topliss-reactive ketones (excluding diaryl/α,β-unsaturated/α-hetero) is 1. The molecule has 0 bridgehead atoms. The van der Waals surface area contributed by atoms with E-state index >= 15 is 0 Å². The Kier molecular flexibility index (Phi) is 4.04. The van der Waals surface area contributed by atoms with Gasteiger partial charge >= 0.3 is 0 Å². The molecule has 0 aliphatic heterocycles. The lowest BCUT2D eigenvalue weighted by Gasteiger charge is -2.36. The Labute approximate surface area is 123 Å². The Morgan fingerprint density at radius 2 is 2.00 bits per heavy atom. The average molecular weight is 273 g/mol. The van der Waals surface area contributed by atoms with Gasteiger partial charge in [-0.2, -0.15) is 0 Å². The van der Waals surface area contributed by atoms with E-state index in [1.807, 2.05) is 6.92 Å². The Balaban J connectivity index is 2.83. The Hall–Kier alpha value is -1.18. The maximum absolute atomic E-state index is 12.6. The second kappa shape index (κ2) is 5.31. The minimum absolute atomic E-state index is 0.0884. The minimum atomic E-state index is 0.0884. The fourth-order valence-electron chi connectivity index (χ4n) is 3.53. The number of aromatic nitrogens is 1. The summed E-state index contributed by atoms with van der Waals surface area (Å²) >= 11 is 0. The third-order valence-electron chi connectivity index (χ3n) is 4.58. The monoisotopic (exact) mass is 273 g/mol. The van der Waals surface area contributed by atoms with Crippen molar-refractivity contribution < 1.29 is 4.79 Å². The van der Waals surface area contributed by atoms with Crippen LogP contribution in [-0.4, -0.2) is 10.8 Å². The SMILES string of the molecule is CCC(=O)c1c(C(C)C)nc(C)c2c1C(C)(C)CCC2. The number of hydrogen-bond acceptors (Lipinski definition) is 2. The molecule has 0 aromatic carbocycles. The lowest BCUT2D eigenvalue weighted by atomic mass is 9.69. The summed E-state index contributed by atoms with van der Waals surface area (Å²) in [6.07, 6.45) is 3.99. The summed E-state index contributed by atoms with van der Waals surface area (Å²) in [5, 5.41) is 0. The van der Waals surface area contributed by atoms with Gasteiger partial charge in [0.15, 0.2) is 5.78 Å². The third kappa shape index (κ3) is 2.41. The molecule has 1 aromatic rings. The van der Waals surface area contributed by atoms with E-state index in [0.717, 1.165) is 29.8 Å². The van der Waals surface area contributed by atoms with Gasteiger partial charge in [-0.3, -0.25) is 9.78 Å². The van der Waals surface area contributed by atoms with Crippen molar-refractivity contribution in [1.29, 1.82) is 0 Å². The van der Waals surface area contributed by atoms with Crippen molar-refractivity contribution in [3.63, 3.8) is 0 Å². The Morgan fingerprint density at radius 1 is 1.35 bits per heavy atom. The summed E-state index contributed by atoms with van der Waals surface area (Å²) in [5.41, 5.74) is 5.79. The number of rotatable bonds is 3. The normalized spacial score (nSPS) is 17.1. The van der Waals surface area contributed by atoms with Gasteiger partial charge in [0.1, 0.15) is 0 Å². The van der Waals surface area contributed by atoms with E-state index in [4.69, 9.17) is 4.98 Å². The zero-order valence-electron chi connectivity index (χ0n) is 13.8. The van der Waals surface area contributed by atoms with Gasteiger partial charge in [0.2, 0.25) is 0 Å². The molecule has 2 nitrogen and oxygen atoms in total. The first-order valence-electron chi connectivity index (χ1n) is 7.86. The molecule has 0 fully saturated rings. The van der Waals surface area contributed by atoms with Crippen LogP contribution in [0.2, 0.25) is 0 Å². The van der Waals surface area contributed by atoms with Crippen LogP contribution in [0.3, 0.4) is 0 Å². The maximum Gasteiger partial charge on any atom is 0.164 e. The summed E-state index contributed by atoms with van der Waals surface area (Å²) in [4.78, 5) is 17.4. The number of hydrogen-bond donors (Lipinski definition) is 0. The van der Waals surface area contributed by atoms with Crippen LogP contribution in [0.25, 0.3) is 0 Å². The van der Waals surface area contributed by atoms with Gasteiger partial charge < -0.3 is 0 Å². The smallest absolute Gasteiger partial charge is 0.164 e. The summed E-state index contributed by atoms with van der Waals surface area (Å²) in [6, 6.07) is 0. The Bertz CT molecular complexity index is 541. The standard InChI is InChI=1S/C18H27NO/c1-7-14(20)15-16-13(9-8-10-18(16,5)6)12(4)19-17(15)11(2)3/h11H,7-10H2,1-6H3. The number of pyridine rings is 1. The first kappa shape index (κ1) is 15.2. The fraction of sp³-hybridized carbons (Fsp3) is 0.667. The van der Waals surface area contributed by atoms with E-state index in [1.165, 1.54) is 17.5 Å². The predicted octanol–water partition coefficient (Wildman–Crippen LogP) is 4.72. The lowest BCUT2D eigenvalue weighted by molar-refractivity contribution is 0.0983. The van der Waals surface area contributed by atoms with Crippen molar-refractivity contribution in [3.8, 4) is 0 Å². The van der Waals surface area contributed by atoms with Crippen molar-refractivity contribution in [3.05, 3.63) is 28.1 Å². The number of carbonyl (C=O) groups excluding carboxylic acids is 1. The zero-order chi connectivity index (χ0) is 15.1. The van der Waals surface area contributed by atoms with Crippen molar-refractivity contribution in [2.45, 2.75) is 78.6 Å². The van der Waals surface area contributed by atoms with Crippen LogP contribution in [0.4, 0.5) is 0 Å². The highest BCUT2D eigenvalue weighted by Gasteiger charge is 2.35. The van der Waals surface area contributed by atoms with Crippen LogP contribution in [0, 0.1) is 6.92 Å². The van der Waals surface area contributed by atoms with E-state index in [1.54, 1.807) is 0 Å². The molecule has 0 atom stereocenters. The highest BCUT2D eigenvalue weighted by molar-refractivity contribution is 5.99. The van der Waals surface area contributed by atoms with Gasteiger partial charge in [0, 0.05) is 17.7 Å². The van der Waals surface area contributed by atoms with Crippen LogP contribution in [0.15, 0.2) is 0 Å². The summed E-state index contributed by atoms with van der Waals surface area (Å²) < 4.78 is 0. The average Bonchev–Trinajstić information content (AvgIpc) is 2.37. The largest absolute Gasteiger partial charge is 0.294 e. The topological polar surface area (TPSA) is 30.0 Å². The van der Waals surface area contributed by atoms with E-state index < -0.39 is 0 Å². The van der Waals surface area contributed by atoms with Crippen molar-refractivity contribution in [2.75, 3.05) is 0 Å². The zero-order valence-corrected chi connectivity index (χ0v) is 13.8. The first-order valence-corrected chi connectivity index (χ1v) is 7.86. The molecule has 0 N–H and O–H groups in total. The molecule has 1 aromatic heterocycles. The maximum atomic E-state index is 12.6. The molecule has 110 valence electrons. The highest BCUT2D eigenvalue weighted by Crippen LogP contribution is 2.42. The molecule has 0 spiro atoms. The van der Waals surface area contributed by atoms with Gasteiger partial charge in [-0.15, -0.1) is 0 Å².